The second kappa shape index (κ2) is 3.05. The van der Waals surface area contributed by atoms with E-state index < -0.39 is 12.0 Å². The summed E-state index contributed by atoms with van der Waals surface area (Å²) < 4.78 is 4.46. The van der Waals surface area contributed by atoms with Crippen molar-refractivity contribution >= 4 is 11.8 Å². The molecule has 5 heteroatoms. The predicted molar refractivity (Wildman–Crippen MR) is 39.7 cm³/mol. The summed E-state index contributed by atoms with van der Waals surface area (Å²) in [4.78, 5) is 14.6. The number of amidine groups is 1. The molecule has 1 rings (SSSR count). The number of esters is 1. The van der Waals surface area contributed by atoms with Gasteiger partial charge in [0.2, 0.25) is 0 Å². The first kappa shape index (κ1) is 7.59. The van der Waals surface area contributed by atoms with Crippen LogP contribution in [0.3, 0.4) is 0 Å². The van der Waals surface area contributed by atoms with E-state index in [1.165, 1.54) is 19.5 Å². The third kappa shape index (κ3) is 1.49. The Morgan fingerprint density at radius 1 is 1.91 bits per heavy atom. The highest BCUT2D eigenvalue weighted by atomic mass is 16.5. The van der Waals surface area contributed by atoms with Crippen LogP contribution in [0, 0.1) is 0 Å². The molecule has 0 bridgehead atoms. The van der Waals surface area contributed by atoms with Crippen molar-refractivity contribution in [2.45, 2.75) is 6.04 Å². The van der Waals surface area contributed by atoms with E-state index in [2.05, 4.69) is 15.0 Å². The average Bonchev–Trinajstić information content (AvgIpc) is 2.04. The predicted octanol–water partition coefficient (Wildman–Crippen LogP) is -1.04. The molecular weight excluding hydrogens is 146 g/mol. The van der Waals surface area contributed by atoms with Gasteiger partial charge >= 0.3 is 5.97 Å². The van der Waals surface area contributed by atoms with Gasteiger partial charge in [-0.1, -0.05) is 0 Å². The van der Waals surface area contributed by atoms with Crippen LogP contribution in [0.1, 0.15) is 0 Å². The lowest BCUT2D eigenvalue weighted by Gasteiger charge is -2.15. The number of nitrogens with two attached hydrogens (primary N) is 1. The van der Waals surface area contributed by atoms with E-state index >= 15 is 0 Å². The van der Waals surface area contributed by atoms with Gasteiger partial charge in [-0.3, -0.25) is 0 Å². The molecule has 3 N–H and O–H groups in total. The summed E-state index contributed by atoms with van der Waals surface area (Å²) >= 11 is 0. The molecule has 0 aromatic rings. The Labute approximate surface area is 63.9 Å². The van der Waals surface area contributed by atoms with Crippen LogP contribution < -0.4 is 11.1 Å². The number of carbonyl (C=O) groups excluding carboxylic acids is 1. The van der Waals surface area contributed by atoms with Gasteiger partial charge in [0.15, 0.2) is 6.04 Å². The maximum absolute atomic E-state index is 10.9. The highest BCUT2D eigenvalue weighted by molar-refractivity contribution is 6.04. The van der Waals surface area contributed by atoms with E-state index in [9.17, 15) is 4.79 Å². The Bertz CT molecular complexity index is 222. The molecule has 1 heterocycles. The van der Waals surface area contributed by atoms with Crippen LogP contribution in [-0.4, -0.2) is 25.0 Å². The third-order valence-electron chi connectivity index (χ3n) is 1.29. The van der Waals surface area contributed by atoms with Crippen molar-refractivity contribution in [3.63, 3.8) is 0 Å². The molecule has 0 aromatic carbocycles. The van der Waals surface area contributed by atoms with Gasteiger partial charge in [0.25, 0.3) is 0 Å². The summed E-state index contributed by atoms with van der Waals surface area (Å²) in [5, 5.41) is 2.71. The van der Waals surface area contributed by atoms with E-state index in [1.807, 2.05) is 0 Å². The van der Waals surface area contributed by atoms with Crippen molar-refractivity contribution in [2.24, 2.45) is 10.7 Å². The first-order valence-corrected chi connectivity index (χ1v) is 3.08. The molecule has 0 saturated heterocycles. The average molecular weight is 155 g/mol. The maximum Gasteiger partial charge on any atom is 0.336 e. The molecule has 1 aliphatic heterocycles. The molecule has 5 nitrogen and oxygen atoms in total. The van der Waals surface area contributed by atoms with Gasteiger partial charge in [0.05, 0.1) is 7.11 Å². The van der Waals surface area contributed by atoms with Crippen LogP contribution in [0.2, 0.25) is 0 Å². The van der Waals surface area contributed by atoms with Crippen LogP contribution in [0.25, 0.3) is 0 Å². The number of nitrogens with one attached hydrogen (secondary N) is 1. The smallest absolute Gasteiger partial charge is 0.336 e. The van der Waals surface area contributed by atoms with Crippen LogP contribution in [0.4, 0.5) is 0 Å². The Morgan fingerprint density at radius 2 is 2.64 bits per heavy atom. The van der Waals surface area contributed by atoms with Crippen LogP contribution in [0.15, 0.2) is 17.4 Å². The molecule has 0 saturated carbocycles. The fourth-order valence-corrected chi connectivity index (χ4v) is 0.729. The van der Waals surface area contributed by atoms with Gasteiger partial charge in [0, 0.05) is 12.4 Å². The van der Waals surface area contributed by atoms with E-state index in [0.717, 1.165) is 0 Å². The summed E-state index contributed by atoms with van der Waals surface area (Å²) in [5.41, 5.74) is 5.39. The second-order valence-electron chi connectivity index (χ2n) is 1.99. The number of nitrogens with zero attached hydrogens (tertiary/aromatic N) is 1. The topological polar surface area (TPSA) is 76.7 Å². The minimum absolute atomic E-state index is 0.222. The van der Waals surface area contributed by atoms with E-state index in [4.69, 9.17) is 5.73 Å². The van der Waals surface area contributed by atoms with Crippen molar-refractivity contribution in [1.82, 2.24) is 5.32 Å². The number of ether oxygens (including phenoxy) is 1. The van der Waals surface area contributed by atoms with Gasteiger partial charge < -0.3 is 15.8 Å². The second-order valence-corrected chi connectivity index (χ2v) is 1.99. The molecule has 1 atom stereocenters. The first-order chi connectivity index (χ1) is 5.25. The van der Waals surface area contributed by atoms with Crippen molar-refractivity contribution in [2.75, 3.05) is 7.11 Å². The zero-order valence-corrected chi connectivity index (χ0v) is 6.07. The van der Waals surface area contributed by atoms with E-state index in [1.54, 1.807) is 0 Å². The number of hydrogen-bond donors (Lipinski definition) is 2. The minimum Gasteiger partial charge on any atom is -0.467 e. The molecule has 1 unspecified atom stereocenters. The van der Waals surface area contributed by atoms with Crippen LogP contribution >= 0.6 is 0 Å². The van der Waals surface area contributed by atoms with Crippen LogP contribution in [-0.2, 0) is 9.53 Å². The largest absolute Gasteiger partial charge is 0.467 e. The third-order valence-corrected chi connectivity index (χ3v) is 1.29. The SMILES string of the molecule is COC(=O)C1NC=CN=C1N. The molecule has 0 spiro atoms. The zero-order valence-electron chi connectivity index (χ0n) is 6.07. The molecule has 0 amide bonds. The summed E-state index contributed by atoms with van der Waals surface area (Å²) in [7, 11) is 1.30. The van der Waals surface area contributed by atoms with Crippen LogP contribution in [0.5, 0.6) is 0 Å². The molecule has 60 valence electrons. The lowest BCUT2D eigenvalue weighted by atomic mass is 10.2. The Balaban J connectivity index is 2.68. The summed E-state index contributed by atoms with van der Waals surface area (Å²) in [6.45, 7) is 0. The molecule has 0 fully saturated rings. The van der Waals surface area contributed by atoms with Crippen molar-refractivity contribution < 1.29 is 9.53 Å². The highest BCUT2D eigenvalue weighted by Gasteiger charge is 2.22. The summed E-state index contributed by atoms with van der Waals surface area (Å²) in [6, 6.07) is -0.634. The number of methoxy groups -OCH3 is 1. The Kier molecular flexibility index (Phi) is 2.10. The number of hydrogen-bond acceptors (Lipinski definition) is 5. The molecule has 11 heavy (non-hydrogen) atoms. The quantitative estimate of drug-likeness (QED) is 0.474. The standard InChI is InChI=1S/C6H9N3O2/c1-11-6(10)4-5(7)9-3-2-8-4/h2-4,8H,1H3,(H2,7,9). The number of rotatable bonds is 1. The highest BCUT2D eigenvalue weighted by Crippen LogP contribution is 1.94. The van der Waals surface area contributed by atoms with Gasteiger partial charge in [-0.15, -0.1) is 0 Å². The molecule has 0 aromatic heterocycles. The number of carbonyl (C=O) groups is 1. The summed E-state index contributed by atoms with van der Waals surface area (Å²) in [6.07, 6.45) is 3.02. The fourth-order valence-electron chi connectivity index (χ4n) is 0.729. The van der Waals surface area contributed by atoms with Crippen molar-refractivity contribution in [3.05, 3.63) is 12.4 Å². The monoisotopic (exact) mass is 155 g/mol. The summed E-state index contributed by atoms with van der Waals surface area (Å²) in [5.74, 6) is -0.213. The lowest BCUT2D eigenvalue weighted by Crippen LogP contribution is -2.46. The van der Waals surface area contributed by atoms with E-state index in [0.29, 0.717) is 0 Å². The fraction of sp³-hybridized carbons (Fsp3) is 0.333. The first-order valence-electron chi connectivity index (χ1n) is 3.08. The normalized spacial score (nSPS) is 21.9. The van der Waals surface area contributed by atoms with Gasteiger partial charge in [-0.05, 0) is 0 Å². The number of aliphatic imine (C=N–C) groups is 1. The Hall–Kier alpha value is -1.52. The van der Waals surface area contributed by atoms with E-state index in [-0.39, 0.29) is 5.84 Å². The Morgan fingerprint density at radius 3 is 3.18 bits per heavy atom. The molecular formula is C6H9N3O2. The molecule has 1 aliphatic rings. The molecule has 0 aliphatic carbocycles. The zero-order chi connectivity index (χ0) is 8.27. The van der Waals surface area contributed by atoms with Gasteiger partial charge in [-0.25, -0.2) is 9.79 Å². The maximum atomic E-state index is 10.9. The minimum atomic E-state index is -0.634. The van der Waals surface area contributed by atoms with Gasteiger partial charge in [0.1, 0.15) is 5.84 Å². The molecule has 0 radical (unpaired) electrons. The lowest BCUT2D eigenvalue weighted by molar-refractivity contribution is -0.141. The van der Waals surface area contributed by atoms with Gasteiger partial charge in [-0.2, -0.15) is 0 Å². The van der Waals surface area contributed by atoms with Crippen molar-refractivity contribution in [3.8, 4) is 0 Å². The van der Waals surface area contributed by atoms with Crippen molar-refractivity contribution in [1.29, 1.82) is 0 Å².